The van der Waals surface area contributed by atoms with Crippen LogP contribution >= 0.6 is 0 Å². The van der Waals surface area contributed by atoms with Crippen molar-refractivity contribution < 1.29 is 23.8 Å². The monoisotopic (exact) mass is 493 g/mol. The van der Waals surface area contributed by atoms with Crippen LogP contribution in [0.5, 0.6) is 11.5 Å². The van der Waals surface area contributed by atoms with Gasteiger partial charge >= 0.3 is 5.97 Å². The van der Waals surface area contributed by atoms with Gasteiger partial charge in [-0.2, -0.15) is 0 Å². The molecule has 4 aromatic rings. The number of amides is 1. The average molecular weight is 494 g/mol. The minimum absolute atomic E-state index is 0.0476. The predicted octanol–water partition coefficient (Wildman–Crippen LogP) is 5.97. The van der Waals surface area contributed by atoms with Gasteiger partial charge in [-0.15, -0.1) is 0 Å². The zero-order chi connectivity index (χ0) is 25.8. The van der Waals surface area contributed by atoms with Crippen LogP contribution in [0.3, 0.4) is 0 Å². The Bertz CT molecular complexity index is 1490. The molecule has 37 heavy (non-hydrogen) atoms. The van der Waals surface area contributed by atoms with Gasteiger partial charge in [0.15, 0.2) is 0 Å². The number of carbonyl (C=O) groups excluding carboxylic acids is 2. The van der Waals surface area contributed by atoms with Crippen molar-refractivity contribution in [3.63, 3.8) is 0 Å². The first-order valence-electron chi connectivity index (χ1n) is 12.3. The molecule has 0 aromatic heterocycles. The molecule has 4 aromatic carbocycles. The maximum Gasteiger partial charge on any atom is 0.340 e. The second-order valence-electron chi connectivity index (χ2n) is 8.49. The van der Waals surface area contributed by atoms with Crippen molar-refractivity contribution in [1.82, 2.24) is 5.32 Å². The fourth-order valence-electron chi connectivity index (χ4n) is 4.70. The molecule has 1 unspecified atom stereocenters. The van der Waals surface area contributed by atoms with Crippen LogP contribution in [-0.2, 0) is 9.53 Å². The SMILES string of the molecule is CCOC(=O)C1=C(NC(=O)c2ccccc2OCC)Oc2ccc3ccccc3c2C1c1ccccc1. The number of para-hydroxylation sites is 1. The molecule has 1 atom stereocenters. The first-order valence-corrected chi connectivity index (χ1v) is 12.3. The molecule has 1 N–H and O–H groups in total. The quantitative estimate of drug-likeness (QED) is 0.321. The summed E-state index contributed by atoms with van der Waals surface area (Å²) < 4.78 is 17.4. The molecule has 186 valence electrons. The normalized spacial score (nSPS) is 14.5. The number of hydrogen-bond acceptors (Lipinski definition) is 5. The summed E-state index contributed by atoms with van der Waals surface area (Å²) in [6, 6.07) is 28.5. The van der Waals surface area contributed by atoms with E-state index in [2.05, 4.69) is 5.32 Å². The fraction of sp³-hybridized carbons (Fsp3) is 0.161. The average Bonchev–Trinajstić information content (AvgIpc) is 2.93. The number of esters is 1. The predicted molar refractivity (Wildman–Crippen MR) is 142 cm³/mol. The summed E-state index contributed by atoms with van der Waals surface area (Å²) in [7, 11) is 0. The number of fused-ring (bicyclic) bond motifs is 3. The topological polar surface area (TPSA) is 73.9 Å². The Morgan fingerprint density at radius 3 is 2.35 bits per heavy atom. The van der Waals surface area contributed by atoms with Gasteiger partial charge in [0.05, 0.1) is 24.7 Å². The van der Waals surface area contributed by atoms with E-state index < -0.39 is 17.8 Å². The molecule has 0 spiro atoms. The van der Waals surface area contributed by atoms with Crippen molar-refractivity contribution in [3.05, 3.63) is 119 Å². The summed E-state index contributed by atoms with van der Waals surface area (Å²) in [4.78, 5) is 26.9. The van der Waals surface area contributed by atoms with E-state index >= 15 is 0 Å². The van der Waals surface area contributed by atoms with Crippen LogP contribution in [0.15, 0.2) is 102 Å². The van der Waals surface area contributed by atoms with Crippen LogP contribution in [-0.4, -0.2) is 25.1 Å². The molecule has 0 bridgehead atoms. The van der Waals surface area contributed by atoms with Crippen LogP contribution in [0.2, 0.25) is 0 Å². The Morgan fingerprint density at radius 1 is 0.838 bits per heavy atom. The Balaban J connectivity index is 1.70. The van der Waals surface area contributed by atoms with E-state index in [1.165, 1.54) is 0 Å². The number of hydrogen-bond donors (Lipinski definition) is 1. The Hall–Kier alpha value is -4.58. The van der Waals surface area contributed by atoms with Gasteiger partial charge in [-0.05, 0) is 48.4 Å². The molecule has 1 aliphatic rings. The molecule has 0 radical (unpaired) electrons. The van der Waals surface area contributed by atoms with Crippen molar-refractivity contribution in [2.45, 2.75) is 19.8 Å². The van der Waals surface area contributed by atoms with E-state index in [-0.39, 0.29) is 18.1 Å². The lowest BCUT2D eigenvalue weighted by molar-refractivity contribution is -0.139. The van der Waals surface area contributed by atoms with Gasteiger partial charge in [0.1, 0.15) is 17.1 Å². The van der Waals surface area contributed by atoms with E-state index in [0.29, 0.717) is 23.7 Å². The largest absolute Gasteiger partial charge is 0.493 e. The first-order chi connectivity index (χ1) is 18.1. The molecule has 6 nitrogen and oxygen atoms in total. The third-order valence-electron chi connectivity index (χ3n) is 6.25. The van der Waals surface area contributed by atoms with Gasteiger partial charge in [0.2, 0.25) is 5.88 Å². The molecule has 1 heterocycles. The molecule has 1 aliphatic heterocycles. The van der Waals surface area contributed by atoms with Crippen LogP contribution in [0, 0.1) is 0 Å². The lowest BCUT2D eigenvalue weighted by atomic mass is 9.80. The fourth-order valence-corrected chi connectivity index (χ4v) is 4.70. The van der Waals surface area contributed by atoms with E-state index in [0.717, 1.165) is 21.9 Å². The highest BCUT2D eigenvalue weighted by Gasteiger charge is 2.38. The maximum atomic E-state index is 13.5. The third-order valence-corrected chi connectivity index (χ3v) is 6.25. The summed E-state index contributed by atoms with van der Waals surface area (Å²) in [5, 5.41) is 4.83. The third kappa shape index (κ3) is 4.66. The number of rotatable bonds is 7. The molecule has 6 heteroatoms. The summed E-state index contributed by atoms with van der Waals surface area (Å²) in [6.07, 6.45) is 0. The summed E-state index contributed by atoms with van der Waals surface area (Å²) in [5.41, 5.74) is 2.30. The zero-order valence-corrected chi connectivity index (χ0v) is 20.7. The Morgan fingerprint density at radius 2 is 1.57 bits per heavy atom. The smallest absolute Gasteiger partial charge is 0.340 e. The van der Waals surface area contributed by atoms with E-state index in [4.69, 9.17) is 14.2 Å². The number of benzene rings is 4. The number of ether oxygens (including phenoxy) is 3. The molecule has 5 rings (SSSR count). The minimum Gasteiger partial charge on any atom is -0.493 e. The van der Waals surface area contributed by atoms with Gasteiger partial charge in [-0.3, -0.25) is 10.1 Å². The van der Waals surface area contributed by atoms with Gasteiger partial charge in [-0.25, -0.2) is 4.79 Å². The molecule has 0 fully saturated rings. The highest BCUT2D eigenvalue weighted by atomic mass is 16.5. The molecule has 0 saturated heterocycles. The van der Waals surface area contributed by atoms with Crippen molar-refractivity contribution in [1.29, 1.82) is 0 Å². The van der Waals surface area contributed by atoms with Crippen LogP contribution < -0.4 is 14.8 Å². The first kappa shape index (κ1) is 24.1. The van der Waals surface area contributed by atoms with Gasteiger partial charge in [0.25, 0.3) is 5.91 Å². The summed E-state index contributed by atoms with van der Waals surface area (Å²) in [6.45, 7) is 4.19. The second-order valence-corrected chi connectivity index (χ2v) is 8.49. The zero-order valence-electron chi connectivity index (χ0n) is 20.7. The Labute approximate surface area is 215 Å². The van der Waals surface area contributed by atoms with Gasteiger partial charge < -0.3 is 14.2 Å². The highest BCUT2D eigenvalue weighted by Crippen LogP contribution is 2.46. The van der Waals surface area contributed by atoms with Crippen LogP contribution in [0.1, 0.15) is 41.3 Å². The van der Waals surface area contributed by atoms with Crippen molar-refractivity contribution >= 4 is 22.6 Å². The molecular weight excluding hydrogens is 466 g/mol. The number of nitrogens with one attached hydrogen (secondary N) is 1. The lowest BCUT2D eigenvalue weighted by Gasteiger charge is -2.31. The molecule has 0 aliphatic carbocycles. The van der Waals surface area contributed by atoms with E-state index in [1.54, 1.807) is 31.2 Å². The van der Waals surface area contributed by atoms with Crippen LogP contribution in [0.25, 0.3) is 10.8 Å². The summed E-state index contributed by atoms with van der Waals surface area (Å²) in [5.74, 6) is -0.462. The second kappa shape index (κ2) is 10.6. The van der Waals surface area contributed by atoms with Crippen LogP contribution in [0.4, 0.5) is 0 Å². The summed E-state index contributed by atoms with van der Waals surface area (Å²) >= 11 is 0. The number of carbonyl (C=O) groups is 2. The van der Waals surface area contributed by atoms with Gasteiger partial charge in [-0.1, -0.05) is 72.8 Å². The van der Waals surface area contributed by atoms with Crippen molar-refractivity contribution in [3.8, 4) is 11.5 Å². The van der Waals surface area contributed by atoms with Crippen molar-refractivity contribution in [2.24, 2.45) is 0 Å². The molecule has 1 amide bonds. The van der Waals surface area contributed by atoms with Crippen molar-refractivity contribution in [2.75, 3.05) is 13.2 Å². The standard InChI is InChI=1S/C31H27NO5/c1-3-35-24-17-11-10-16-23(24)29(33)32-30-28(31(34)36-4-2)26(21-13-6-5-7-14-21)27-22-15-9-8-12-20(22)18-19-25(27)37-30/h5-19,26H,3-4H2,1-2H3,(H,32,33). The van der Waals surface area contributed by atoms with E-state index in [1.807, 2.05) is 73.7 Å². The Kier molecular flexibility index (Phi) is 6.90. The lowest BCUT2D eigenvalue weighted by Crippen LogP contribution is -2.34. The highest BCUT2D eigenvalue weighted by molar-refractivity contribution is 6.01. The van der Waals surface area contributed by atoms with Gasteiger partial charge in [0, 0.05) is 5.56 Å². The molecule has 0 saturated carbocycles. The minimum atomic E-state index is -0.552. The van der Waals surface area contributed by atoms with E-state index in [9.17, 15) is 9.59 Å². The maximum absolute atomic E-state index is 13.5. The molecular formula is C31H27NO5.